The number of hydrogen-bond acceptors (Lipinski definition) is 5. The van der Waals surface area contributed by atoms with Crippen molar-refractivity contribution in [3.05, 3.63) is 23.8 Å². The number of nitrogens with two attached hydrogens (primary N) is 2. The molecule has 72 valence electrons. The van der Waals surface area contributed by atoms with Gasteiger partial charge in [0.15, 0.2) is 11.6 Å². The topological polar surface area (TPSA) is 95.4 Å². The predicted octanol–water partition coefficient (Wildman–Crippen LogP) is -0.914. The molecule has 5 nitrogen and oxygen atoms in total. The summed E-state index contributed by atoms with van der Waals surface area (Å²) in [6.45, 7) is 0.203. The molecule has 0 heterocycles. The first kappa shape index (κ1) is 11.7. The molecule has 0 saturated heterocycles. The van der Waals surface area contributed by atoms with Crippen LogP contribution in [-0.2, 0) is 14.3 Å². The summed E-state index contributed by atoms with van der Waals surface area (Å²) in [5.41, 5.74) is 0.417. The molecule has 0 aromatic heterocycles. The van der Waals surface area contributed by atoms with Crippen molar-refractivity contribution in [2.45, 2.75) is 0 Å². The first-order chi connectivity index (χ1) is 6.24. The molecular formula is C8H12N2O3. The lowest BCUT2D eigenvalue weighted by Crippen LogP contribution is -2.11. The van der Waals surface area contributed by atoms with Gasteiger partial charge in [-0.15, -0.1) is 0 Å². The fraction of sp³-hybridized carbons (Fsp3) is 0.250. The highest BCUT2D eigenvalue weighted by Crippen LogP contribution is 2.04. The van der Waals surface area contributed by atoms with Crippen molar-refractivity contribution in [1.29, 1.82) is 0 Å². The van der Waals surface area contributed by atoms with E-state index >= 15 is 0 Å². The van der Waals surface area contributed by atoms with E-state index in [1.807, 2.05) is 0 Å². The second-order valence-corrected chi connectivity index (χ2v) is 2.20. The number of hydrazine groups is 1. The molecule has 0 saturated carbocycles. The molecule has 4 N–H and O–H groups in total. The minimum Gasteiger partial charge on any atom is -0.380 e. The molecule has 0 bridgehead atoms. The molecule has 0 unspecified atom stereocenters. The van der Waals surface area contributed by atoms with Crippen LogP contribution in [0.4, 0.5) is 0 Å². The van der Waals surface area contributed by atoms with Gasteiger partial charge in [0.25, 0.3) is 0 Å². The predicted molar refractivity (Wildman–Crippen MR) is 47.5 cm³/mol. The van der Waals surface area contributed by atoms with Crippen LogP contribution in [0.15, 0.2) is 23.8 Å². The Morgan fingerprint density at radius 1 is 1.31 bits per heavy atom. The van der Waals surface area contributed by atoms with E-state index in [2.05, 4.69) is 11.7 Å². The van der Waals surface area contributed by atoms with E-state index in [1.54, 1.807) is 0 Å². The van der Waals surface area contributed by atoms with Crippen LogP contribution in [0.25, 0.3) is 0 Å². The quantitative estimate of drug-likeness (QED) is 0.329. The van der Waals surface area contributed by atoms with Gasteiger partial charge < -0.3 is 4.74 Å². The van der Waals surface area contributed by atoms with Gasteiger partial charge in [-0.25, -0.2) is 0 Å². The number of carbonyl (C=O) groups is 2. The Hall–Kier alpha value is -1.30. The van der Waals surface area contributed by atoms with E-state index in [0.717, 1.165) is 0 Å². The zero-order valence-electron chi connectivity index (χ0n) is 7.32. The number of rotatable bonds is 2. The van der Waals surface area contributed by atoms with Gasteiger partial charge in [-0.1, -0.05) is 0 Å². The van der Waals surface area contributed by atoms with Crippen molar-refractivity contribution in [2.24, 2.45) is 11.7 Å². The molecular weight excluding hydrogens is 172 g/mol. The fourth-order valence-electron chi connectivity index (χ4n) is 0.824. The molecule has 0 fully saturated rings. The molecule has 5 heteroatoms. The van der Waals surface area contributed by atoms with Gasteiger partial charge in [0, 0.05) is 12.7 Å². The van der Waals surface area contributed by atoms with E-state index in [1.165, 1.54) is 25.3 Å². The fourth-order valence-corrected chi connectivity index (χ4v) is 0.824. The van der Waals surface area contributed by atoms with E-state index in [9.17, 15) is 9.59 Å². The van der Waals surface area contributed by atoms with E-state index in [0.29, 0.717) is 5.57 Å². The molecule has 1 rings (SSSR count). The summed E-state index contributed by atoms with van der Waals surface area (Å²) in [7, 11) is 1.48. The second-order valence-electron chi connectivity index (χ2n) is 2.20. The highest BCUT2D eigenvalue weighted by Gasteiger charge is 2.11. The third kappa shape index (κ3) is 3.75. The molecule has 0 aliphatic heterocycles. The zero-order chi connectivity index (χ0) is 10.3. The Morgan fingerprint density at radius 3 is 2.46 bits per heavy atom. The monoisotopic (exact) mass is 184 g/mol. The van der Waals surface area contributed by atoms with Crippen LogP contribution in [-0.4, -0.2) is 25.3 Å². The van der Waals surface area contributed by atoms with Crippen molar-refractivity contribution < 1.29 is 14.3 Å². The van der Waals surface area contributed by atoms with Crippen LogP contribution in [0, 0.1) is 0 Å². The highest BCUT2D eigenvalue weighted by atomic mass is 16.5. The van der Waals surface area contributed by atoms with Gasteiger partial charge in [-0.2, -0.15) is 0 Å². The summed E-state index contributed by atoms with van der Waals surface area (Å²) in [4.78, 5) is 21.7. The van der Waals surface area contributed by atoms with Crippen LogP contribution in [0.5, 0.6) is 0 Å². The maximum atomic E-state index is 10.9. The highest BCUT2D eigenvalue weighted by molar-refractivity contribution is 6.17. The van der Waals surface area contributed by atoms with Crippen LogP contribution >= 0.6 is 0 Å². The van der Waals surface area contributed by atoms with E-state index < -0.39 is 0 Å². The van der Waals surface area contributed by atoms with E-state index in [-0.39, 0.29) is 18.2 Å². The molecule has 0 amide bonds. The number of ketones is 2. The standard InChI is InChI=1S/C8H8O3.H4N2/c1-11-5-6-4-7(9)2-3-8(6)10;1-2/h2-4H,5H2,1H3;1-2H2. The maximum Gasteiger partial charge on any atom is 0.184 e. The second kappa shape index (κ2) is 6.24. The zero-order valence-corrected chi connectivity index (χ0v) is 7.32. The maximum absolute atomic E-state index is 10.9. The van der Waals surface area contributed by atoms with Crippen LogP contribution in [0.2, 0.25) is 0 Å². The van der Waals surface area contributed by atoms with E-state index in [4.69, 9.17) is 4.74 Å². The van der Waals surface area contributed by atoms with Gasteiger partial charge in [0.05, 0.1) is 6.61 Å². The lowest BCUT2D eigenvalue weighted by atomic mass is 10.1. The van der Waals surface area contributed by atoms with Crippen LogP contribution < -0.4 is 11.7 Å². The summed E-state index contributed by atoms with van der Waals surface area (Å²) >= 11 is 0. The lowest BCUT2D eigenvalue weighted by molar-refractivity contribution is -0.114. The minimum absolute atomic E-state index is 0.147. The number of carbonyl (C=O) groups excluding carboxylic acids is 2. The molecule has 13 heavy (non-hydrogen) atoms. The molecule has 0 aromatic carbocycles. The Bertz CT molecular complexity index is 256. The van der Waals surface area contributed by atoms with Crippen molar-refractivity contribution >= 4 is 11.6 Å². The largest absolute Gasteiger partial charge is 0.380 e. The van der Waals surface area contributed by atoms with Crippen LogP contribution in [0.1, 0.15) is 0 Å². The first-order valence-corrected chi connectivity index (χ1v) is 3.53. The SMILES string of the molecule is COCC1=CC(=O)C=CC1=O.NN. The van der Waals surface area contributed by atoms with Gasteiger partial charge in [0.1, 0.15) is 0 Å². The Kier molecular flexibility index (Phi) is 5.62. The molecule has 1 aliphatic carbocycles. The van der Waals surface area contributed by atoms with Gasteiger partial charge >= 0.3 is 0 Å². The third-order valence-electron chi connectivity index (χ3n) is 1.33. The van der Waals surface area contributed by atoms with Gasteiger partial charge in [-0.05, 0) is 18.2 Å². The van der Waals surface area contributed by atoms with Crippen LogP contribution in [0.3, 0.4) is 0 Å². The average molecular weight is 184 g/mol. The van der Waals surface area contributed by atoms with Gasteiger partial charge in [-0.3, -0.25) is 21.3 Å². The molecule has 0 spiro atoms. The van der Waals surface area contributed by atoms with Crippen molar-refractivity contribution in [3.8, 4) is 0 Å². The first-order valence-electron chi connectivity index (χ1n) is 3.53. The number of hydrogen-bond donors (Lipinski definition) is 2. The number of ether oxygens (including phenoxy) is 1. The summed E-state index contributed by atoms with van der Waals surface area (Å²) in [5.74, 6) is 7.70. The molecule has 0 atom stereocenters. The molecule has 0 radical (unpaired) electrons. The Labute approximate surface area is 76.0 Å². The van der Waals surface area contributed by atoms with Crippen molar-refractivity contribution in [3.63, 3.8) is 0 Å². The molecule has 1 aliphatic rings. The summed E-state index contributed by atoms with van der Waals surface area (Å²) < 4.78 is 4.72. The Balaban J connectivity index is 0.000000671. The van der Waals surface area contributed by atoms with Crippen molar-refractivity contribution in [1.82, 2.24) is 0 Å². The lowest BCUT2D eigenvalue weighted by Gasteiger charge is -2.03. The van der Waals surface area contributed by atoms with Gasteiger partial charge in [0.2, 0.25) is 0 Å². The van der Waals surface area contributed by atoms with Crippen molar-refractivity contribution in [2.75, 3.05) is 13.7 Å². The third-order valence-corrected chi connectivity index (χ3v) is 1.33. The molecule has 0 aromatic rings. The minimum atomic E-state index is -0.156. The number of methoxy groups -OCH3 is 1. The average Bonchev–Trinajstić information content (AvgIpc) is 2.15. The summed E-state index contributed by atoms with van der Waals surface area (Å²) in [6.07, 6.45) is 3.81. The Morgan fingerprint density at radius 2 is 1.92 bits per heavy atom. The summed E-state index contributed by atoms with van der Waals surface area (Å²) in [5, 5.41) is 0. The normalized spacial score (nSPS) is 14.8. The smallest absolute Gasteiger partial charge is 0.184 e. The number of allylic oxidation sites excluding steroid dienone is 3. The summed E-state index contributed by atoms with van der Waals surface area (Å²) in [6, 6.07) is 0.